The highest BCUT2D eigenvalue weighted by Gasteiger charge is 2.19. The number of carboxylic acid groups (broad SMARTS) is 2. The molecule has 14 heavy (non-hydrogen) atoms. The van der Waals surface area contributed by atoms with E-state index in [2.05, 4.69) is 4.84 Å². The molecular formula is C8H7NO5. The third-order valence-electron chi connectivity index (χ3n) is 1.59. The van der Waals surface area contributed by atoms with Crippen LogP contribution in [0.15, 0.2) is 18.2 Å². The fraction of sp³-hybridized carbons (Fsp3) is 0. The van der Waals surface area contributed by atoms with Gasteiger partial charge in [0.1, 0.15) is 11.1 Å². The van der Waals surface area contributed by atoms with Crippen molar-refractivity contribution in [3.8, 4) is 5.75 Å². The molecule has 4 N–H and O–H groups in total. The fourth-order valence-electron chi connectivity index (χ4n) is 1.00. The zero-order chi connectivity index (χ0) is 10.7. The first-order valence-corrected chi connectivity index (χ1v) is 3.54. The summed E-state index contributed by atoms with van der Waals surface area (Å²) in [5.41, 5.74) is -0.570. The van der Waals surface area contributed by atoms with Gasteiger partial charge in [0.05, 0.1) is 0 Å². The molecule has 0 spiro atoms. The van der Waals surface area contributed by atoms with E-state index < -0.39 is 11.9 Å². The van der Waals surface area contributed by atoms with Crippen molar-refractivity contribution < 1.29 is 24.6 Å². The Bertz CT molecular complexity index is 355. The highest BCUT2D eigenvalue weighted by molar-refractivity contribution is 5.98. The highest BCUT2D eigenvalue weighted by Crippen LogP contribution is 2.22. The van der Waals surface area contributed by atoms with Crippen LogP contribution in [-0.4, -0.2) is 22.2 Å². The zero-order valence-corrected chi connectivity index (χ0v) is 6.93. The molecule has 74 valence electrons. The van der Waals surface area contributed by atoms with Crippen LogP contribution in [0.3, 0.4) is 0 Å². The minimum atomic E-state index is -1.30. The lowest BCUT2D eigenvalue weighted by atomic mass is 10.1. The van der Waals surface area contributed by atoms with Crippen molar-refractivity contribution in [2.45, 2.75) is 0 Å². The lowest BCUT2D eigenvalue weighted by molar-refractivity contribution is 0.0688. The molecule has 6 nitrogen and oxygen atoms in total. The van der Waals surface area contributed by atoms with Gasteiger partial charge in [0.25, 0.3) is 0 Å². The second-order valence-corrected chi connectivity index (χ2v) is 2.41. The van der Waals surface area contributed by atoms with Crippen molar-refractivity contribution in [1.82, 2.24) is 0 Å². The van der Waals surface area contributed by atoms with Gasteiger partial charge in [-0.25, -0.2) is 9.59 Å². The van der Waals surface area contributed by atoms with Gasteiger partial charge in [-0.3, -0.25) is 0 Å². The van der Waals surface area contributed by atoms with E-state index in [1.165, 1.54) is 18.2 Å². The maximum atomic E-state index is 10.6. The van der Waals surface area contributed by atoms with Gasteiger partial charge in [-0.2, -0.15) is 5.90 Å². The topological polar surface area (TPSA) is 110 Å². The summed E-state index contributed by atoms with van der Waals surface area (Å²) in [6, 6.07) is 3.71. The molecule has 0 aliphatic rings. The molecule has 0 saturated heterocycles. The first-order valence-electron chi connectivity index (χ1n) is 3.54. The fourth-order valence-corrected chi connectivity index (χ4v) is 1.00. The van der Waals surface area contributed by atoms with Gasteiger partial charge in [0.15, 0.2) is 5.75 Å². The van der Waals surface area contributed by atoms with E-state index in [-0.39, 0.29) is 16.9 Å². The number of rotatable bonds is 3. The molecule has 1 aromatic rings. The number of benzene rings is 1. The molecule has 6 heteroatoms. The molecule has 0 unspecified atom stereocenters. The van der Waals surface area contributed by atoms with Crippen molar-refractivity contribution in [3.05, 3.63) is 29.3 Å². The minimum Gasteiger partial charge on any atom is -0.478 e. The molecule has 0 aliphatic heterocycles. The number of carbonyl (C=O) groups is 2. The normalized spacial score (nSPS) is 9.50. The quantitative estimate of drug-likeness (QED) is 0.602. The summed E-state index contributed by atoms with van der Waals surface area (Å²) in [5, 5.41) is 17.3. The van der Waals surface area contributed by atoms with E-state index in [4.69, 9.17) is 16.1 Å². The Morgan fingerprint density at radius 3 is 1.86 bits per heavy atom. The molecule has 0 radical (unpaired) electrons. The predicted octanol–water partition coefficient (Wildman–Crippen LogP) is 0.336. The SMILES string of the molecule is NOc1c(C(=O)O)cccc1C(=O)O. The Hall–Kier alpha value is -2.08. The third-order valence-corrected chi connectivity index (χ3v) is 1.59. The summed E-state index contributed by atoms with van der Waals surface area (Å²) in [4.78, 5) is 25.5. The Kier molecular flexibility index (Phi) is 2.68. The van der Waals surface area contributed by atoms with Crippen LogP contribution in [0.1, 0.15) is 20.7 Å². The number of aromatic carboxylic acids is 2. The standard InChI is InChI=1S/C8H7NO5/c9-14-6-4(7(10)11)2-1-3-5(6)8(12)13/h1-3H,9H2,(H,10,11)(H,12,13). The molecule has 0 heterocycles. The Balaban J connectivity index is 3.39. The maximum absolute atomic E-state index is 10.6. The average molecular weight is 197 g/mol. The van der Waals surface area contributed by atoms with E-state index in [9.17, 15) is 9.59 Å². The largest absolute Gasteiger partial charge is 0.478 e. The van der Waals surface area contributed by atoms with Crippen molar-refractivity contribution in [2.75, 3.05) is 0 Å². The Labute approximate surface area is 78.5 Å². The smallest absolute Gasteiger partial charge is 0.339 e. The number of carboxylic acids is 2. The van der Waals surface area contributed by atoms with Gasteiger partial charge in [0.2, 0.25) is 0 Å². The molecule has 0 amide bonds. The van der Waals surface area contributed by atoms with Gasteiger partial charge in [0, 0.05) is 0 Å². The van der Waals surface area contributed by atoms with E-state index in [1.54, 1.807) is 0 Å². The van der Waals surface area contributed by atoms with Gasteiger partial charge in [-0.1, -0.05) is 6.07 Å². The lowest BCUT2D eigenvalue weighted by Crippen LogP contribution is -2.12. The second-order valence-electron chi connectivity index (χ2n) is 2.41. The highest BCUT2D eigenvalue weighted by atomic mass is 16.6. The van der Waals surface area contributed by atoms with E-state index in [1.807, 2.05) is 0 Å². The number of nitrogens with two attached hydrogens (primary N) is 1. The number of hydrogen-bond donors (Lipinski definition) is 3. The summed E-state index contributed by atoms with van der Waals surface area (Å²) >= 11 is 0. The van der Waals surface area contributed by atoms with Crippen molar-refractivity contribution in [2.24, 2.45) is 5.90 Å². The van der Waals surface area contributed by atoms with Crippen LogP contribution in [-0.2, 0) is 0 Å². The van der Waals surface area contributed by atoms with Crippen molar-refractivity contribution >= 4 is 11.9 Å². The Morgan fingerprint density at radius 2 is 1.57 bits per heavy atom. The van der Waals surface area contributed by atoms with Crippen molar-refractivity contribution in [1.29, 1.82) is 0 Å². The molecule has 0 atom stereocenters. The molecule has 1 rings (SSSR count). The molecule has 0 aliphatic carbocycles. The molecule has 0 aromatic heterocycles. The van der Waals surface area contributed by atoms with Crippen LogP contribution < -0.4 is 10.7 Å². The summed E-state index contributed by atoms with van der Waals surface area (Å²) in [6.45, 7) is 0. The van der Waals surface area contributed by atoms with E-state index in [0.29, 0.717) is 0 Å². The molecule has 0 bridgehead atoms. The molecule has 1 aromatic carbocycles. The average Bonchev–Trinajstić information content (AvgIpc) is 2.16. The first kappa shape index (κ1) is 10.0. The van der Waals surface area contributed by atoms with Crippen LogP contribution in [0, 0.1) is 0 Å². The van der Waals surface area contributed by atoms with Gasteiger partial charge >= 0.3 is 11.9 Å². The van der Waals surface area contributed by atoms with E-state index >= 15 is 0 Å². The molecule has 0 saturated carbocycles. The second kappa shape index (κ2) is 3.75. The molecular weight excluding hydrogens is 190 g/mol. The molecule has 0 fully saturated rings. The van der Waals surface area contributed by atoms with Crippen LogP contribution in [0.4, 0.5) is 0 Å². The number of para-hydroxylation sites is 1. The Morgan fingerprint density at radius 1 is 1.14 bits per heavy atom. The van der Waals surface area contributed by atoms with Crippen LogP contribution in [0.25, 0.3) is 0 Å². The summed E-state index contributed by atoms with van der Waals surface area (Å²) in [5.74, 6) is 1.85. The van der Waals surface area contributed by atoms with Gasteiger partial charge in [-0.05, 0) is 12.1 Å². The summed E-state index contributed by atoms with van der Waals surface area (Å²) in [6.07, 6.45) is 0. The van der Waals surface area contributed by atoms with Crippen LogP contribution in [0.5, 0.6) is 5.75 Å². The maximum Gasteiger partial charge on any atom is 0.339 e. The first-order chi connectivity index (χ1) is 6.57. The number of hydrogen-bond acceptors (Lipinski definition) is 4. The van der Waals surface area contributed by atoms with E-state index in [0.717, 1.165) is 0 Å². The summed E-state index contributed by atoms with van der Waals surface area (Å²) < 4.78 is 0. The lowest BCUT2D eigenvalue weighted by Gasteiger charge is -2.06. The minimum absolute atomic E-state index is 0.285. The van der Waals surface area contributed by atoms with Gasteiger partial charge < -0.3 is 15.1 Å². The van der Waals surface area contributed by atoms with Crippen molar-refractivity contribution in [3.63, 3.8) is 0 Å². The summed E-state index contributed by atoms with van der Waals surface area (Å²) in [7, 11) is 0. The predicted molar refractivity (Wildman–Crippen MR) is 45.2 cm³/mol. The monoisotopic (exact) mass is 197 g/mol. The van der Waals surface area contributed by atoms with Gasteiger partial charge in [-0.15, -0.1) is 0 Å². The zero-order valence-electron chi connectivity index (χ0n) is 6.93. The van der Waals surface area contributed by atoms with Crippen LogP contribution in [0.2, 0.25) is 0 Å². The third kappa shape index (κ3) is 1.64. The van der Waals surface area contributed by atoms with Crippen LogP contribution >= 0.6 is 0 Å².